The van der Waals surface area contributed by atoms with Crippen LogP contribution in [0.15, 0.2) is 34.8 Å². The predicted molar refractivity (Wildman–Crippen MR) is 82.3 cm³/mol. The van der Waals surface area contributed by atoms with Crippen molar-refractivity contribution in [2.75, 3.05) is 0 Å². The SMILES string of the molecule is CCCC(CC(=O)O)NC(=O)/C=C/c1ccc(Br)cc1. The van der Waals surface area contributed by atoms with Crippen molar-refractivity contribution < 1.29 is 14.7 Å². The Kier molecular flexibility index (Phi) is 7.01. The molecule has 1 rings (SSSR count). The van der Waals surface area contributed by atoms with Crippen LogP contribution in [0.25, 0.3) is 6.08 Å². The molecular weight excluding hydrogens is 322 g/mol. The maximum absolute atomic E-state index is 11.7. The molecule has 20 heavy (non-hydrogen) atoms. The minimum atomic E-state index is -0.902. The molecule has 0 spiro atoms. The highest BCUT2D eigenvalue weighted by Gasteiger charge is 2.13. The first kappa shape index (κ1) is 16.4. The van der Waals surface area contributed by atoms with Crippen LogP contribution in [-0.4, -0.2) is 23.0 Å². The molecule has 0 radical (unpaired) electrons. The smallest absolute Gasteiger partial charge is 0.305 e. The Morgan fingerprint density at radius 2 is 2.00 bits per heavy atom. The minimum Gasteiger partial charge on any atom is -0.481 e. The number of amides is 1. The molecule has 0 aliphatic carbocycles. The second kappa shape index (κ2) is 8.53. The predicted octanol–water partition coefficient (Wildman–Crippen LogP) is 3.22. The lowest BCUT2D eigenvalue weighted by Crippen LogP contribution is -2.35. The molecule has 1 atom stereocenters. The summed E-state index contributed by atoms with van der Waals surface area (Å²) in [6, 6.07) is 7.23. The summed E-state index contributed by atoms with van der Waals surface area (Å²) in [4.78, 5) is 22.5. The molecule has 0 fully saturated rings. The Balaban J connectivity index is 2.56. The summed E-state index contributed by atoms with van der Waals surface area (Å²) in [6.07, 6.45) is 4.56. The number of carboxylic acid groups (broad SMARTS) is 1. The molecule has 5 heteroatoms. The molecule has 0 saturated heterocycles. The first-order valence-corrected chi connectivity index (χ1v) is 7.26. The zero-order valence-corrected chi connectivity index (χ0v) is 12.9. The van der Waals surface area contributed by atoms with Gasteiger partial charge in [-0.3, -0.25) is 9.59 Å². The van der Waals surface area contributed by atoms with E-state index in [2.05, 4.69) is 21.2 Å². The summed E-state index contributed by atoms with van der Waals surface area (Å²) in [5, 5.41) is 11.5. The van der Waals surface area contributed by atoms with Crippen molar-refractivity contribution in [3.05, 3.63) is 40.4 Å². The van der Waals surface area contributed by atoms with E-state index in [-0.39, 0.29) is 18.4 Å². The third-order valence-electron chi connectivity index (χ3n) is 2.70. The Labute approximate surface area is 127 Å². The summed E-state index contributed by atoms with van der Waals surface area (Å²) < 4.78 is 0.976. The highest BCUT2D eigenvalue weighted by molar-refractivity contribution is 9.10. The van der Waals surface area contributed by atoms with Crippen molar-refractivity contribution in [2.24, 2.45) is 0 Å². The summed E-state index contributed by atoms with van der Waals surface area (Å²) >= 11 is 3.34. The summed E-state index contributed by atoms with van der Waals surface area (Å²) in [5.41, 5.74) is 0.911. The van der Waals surface area contributed by atoms with Gasteiger partial charge in [-0.05, 0) is 30.2 Å². The Bertz CT molecular complexity index is 482. The molecule has 2 N–H and O–H groups in total. The van der Waals surface area contributed by atoms with Crippen molar-refractivity contribution >= 4 is 33.9 Å². The van der Waals surface area contributed by atoms with Crippen LogP contribution < -0.4 is 5.32 Å². The van der Waals surface area contributed by atoms with E-state index in [1.54, 1.807) is 6.08 Å². The van der Waals surface area contributed by atoms with Crippen LogP contribution >= 0.6 is 15.9 Å². The lowest BCUT2D eigenvalue weighted by molar-refractivity contribution is -0.137. The molecule has 0 heterocycles. The molecule has 0 aliphatic heterocycles. The average Bonchev–Trinajstić information content (AvgIpc) is 2.37. The highest BCUT2D eigenvalue weighted by Crippen LogP contribution is 2.11. The summed E-state index contributed by atoms with van der Waals surface area (Å²) in [5.74, 6) is -1.17. The summed E-state index contributed by atoms with van der Waals surface area (Å²) in [7, 11) is 0. The number of halogens is 1. The standard InChI is InChI=1S/C15H18BrNO3/c1-2-3-13(10-15(19)20)17-14(18)9-6-11-4-7-12(16)8-5-11/h4-9,13H,2-3,10H2,1H3,(H,17,18)(H,19,20)/b9-6+. The van der Waals surface area contributed by atoms with Gasteiger partial charge in [-0.1, -0.05) is 41.4 Å². The molecular formula is C15H18BrNO3. The van der Waals surface area contributed by atoms with Gasteiger partial charge in [-0.25, -0.2) is 0 Å². The number of nitrogens with one attached hydrogen (secondary N) is 1. The van der Waals surface area contributed by atoms with E-state index >= 15 is 0 Å². The molecule has 1 amide bonds. The second-order valence-electron chi connectivity index (χ2n) is 4.48. The number of aliphatic carboxylic acids is 1. The van der Waals surface area contributed by atoms with E-state index in [9.17, 15) is 9.59 Å². The number of hydrogen-bond donors (Lipinski definition) is 2. The molecule has 1 aromatic rings. The zero-order chi connectivity index (χ0) is 15.0. The maximum Gasteiger partial charge on any atom is 0.305 e. The molecule has 4 nitrogen and oxygen atoms in total. The topological polar surface area (TPSA) is 66.4 Å². The third-order valence-corrected chi connectivity index (χ3v) is 3.23. The fraction of sp³-hybridized carbons (Fsp3) is 0.333. The largest absolute Gasteiger partial charge is 0.481 e. The molecule has 0 saturated carbocycles. The van der Waals surface area contributed by atoms with E-state index in [0.717, 1.165) is 16.5 Å². The molecule has 0 aliphatic rings. The van der Waals surface area contributed by atoms with Crippen molar-refractivity contribution in [3.63, 3.8) is 0 Å². The number of carboxylic acids is 1. The van der Waals surface area contributed by atoms with Crippen molar-refractivity contribution in [2.45, 2.75) is 32.2 Å². The lowest BCUT2D eigenvalue weighted by atomic mass is 10.1. The van der Waals surface area contributed by atoms with Crippen molar-refractivity contribution in [1.82, 2.24) is 5.32 Å². The number of benzene rings is 1. The first-order valence-electron chi connectivity index (χ1n) is 6.47. The van der Waals surface area contributed by atoms with Crippen LogP contribution in [0.1, 0.15) is 31.7 Å². The van der Waals surface area contributed by atoms with E-state index < -0.39 is 5.97 Å². The van der Waals surface area contributed by atoms with Gasteiger partial charge >= 0.3 is 5.97 Å². The van der Waals surface area contributed by atoms with Crippen LogP contribution in [0.4, 0.5) is 0 Å². The molecule has 0 aromatic heterocycles. The van der Waals surface area contributed by atoms with E-state index in [0.29, 0.717) is 6.42 Å². The normalized spacial score (nSPS) is 12.3. The highest BCUT2D eigenvalue weighted by atomic mass is 79.9. The third kappa shape index (κ3) is 6.52. The monoisotopic (exact) mass is 339 g/mol. The fourth-order valence-electron chi connectivity index (χ4n) is 1.78. The van der Waals surface area contributed by atoms with Crippen molar-refractivity contribution in [1.29, 1.82) is 0 Å². The number of rotatable bonds is 7. The summed E-state index contributed by atoms with van der Waals surface area (Å²) in [6.45, 7) is 1.96. The van der Waals surface area contributed by atoms with Gasteiger partial charge in [0.2, 0.25) is 5.91 Å². The van der Waals surface area contributed by atoms with Crippen LogP contribution in [0.5, 0.6) is 0 Å². The quantitative estimate of drug-likeness (QED) is 0.749. The molecule has 108 valence electrons. The molecule has 0 bridgehead atoms. The van der Waals surface area contributed by atoms with Gasteiger partial charge in [-0.15, -0.1) is 0 Å². The van der Waals surface area contributed by atoms with Gasteiger partial charge in [0.15, 0.2) is 0 Å². The van der Waals surface area contributed by atoms with Gasteiger partial charge in [0.1, 0.15) is 0 Å². The van der Waals surface area contributed by atoms with E-state index in [4.69, 9.17) is 5.11 Å². The van der Waals surface area contributed by atoms with Gasteiger partial charge in [0.05, 0.1) is 6.42 Å². The Morgan fingerprint density at radius 1 is 1.35 bits per heavy atom. The van der Waals surface area contributed by atoms with Crippen molar-refractivity contribution in [3.8, 4) is 0 Å². The van der Waals surface area contributed by atoms with E-state index in [1.807, 2.05) is 31.2 Å². The van der Waals surface area contributed by atoms with Gasteiger partial charge in [-0.2, -0.15) is 0 Å². The maximum atomic E-state index is 11.7. The molecule has 1 unspecified atom stereocenters. The lowest BCUT2D eigenvalue weighted by Gasteiger charge is -2.14. The van der Waals surface area contributed by atoms with Crippen LogP contribution in [0, 0.1) is 0 Å². The Morgan fingerprint density at radius 3 is 2.55 bits per heavy atom. The Hall–Kier alpha value is -1.62. The minimum absolute atomic E-state index is 0.0499. The fourth-order valence-corrected chi connectivity index (χ4v) is 2.04. The number of carbonyl (C=O) groups excluding carboxylic acids is 1. The van der Waals surface area contributed by atoms with Crippen LogP contribution in [0.2, 0.25) is 0 Å². The van der Waals surface area contributed by atoms with Crippen LogP contribution in [0.3, 0.4) is 0 Å². The average molecular weight is 340 g/mol. The first-order chi connectivity index (χ1) is 9.51. The second-order valence-corrected chi connectivity index (χ2v) is 5.39. The van der Waals surface area contributed by atoms with E-state index in [1.165, 1.54) is 6.08 Å². The number of hydrogen-bond acceptors (Lipinski definition) is 2. The van der Waals surface area contributed by atoms with Crippen LogP contribution in [-0.2, 0) is 9.59 Å². The van der Waals surface area contributed by atoms with Gasteiger partial charge in [0, 0.05) is 16.6 Å². The number of carbonyl (C=O) groups is 2. The van der Waals surface area contributed by atoms with Gasteiger partial charge in [0.25, 0.3) is 0 Å². The van der Waals surface area contributed by atoms with Gasteiger partial charge < -0.3 is 10.4 Å². The zero-order valence-electron chi connectivity index (χ0n) is 11.3. The molecule has 1 aromatic carbocycles.